The molecule has 0 aliphatic carbocycles. The maximum atomic E-state index is 12.5. The Hall–Kier alpha value is -3.78. The first-order valence-corrected chi connectivity index (χ1v) is 11.5. The van der Waals surface area contributed by atoms with Gasteiger partial charge in [0.1, 0.15) is 5.60 Å². The van der Waals surface area contributed by atoms with Gasteiger partial charge in [-0.3, -0.25) is 14.7 Å². The highest BCUT2D eigenvalue weighted by molar-refractivity contribution is 6.06. The molecule has 0 atom stereocenters. The van der Waals surface area contributed by atoms with Gasteiger partial charge in [-0.1, -0.05) is 30.3 Å². The second-order valence-corrected chi connectivity index (χ2v) is 9.33. The molecule has 0 saturated carbocycles. The Labute approximate surface area is 205 Å². The number of amides is 1. The van der Waals surface area contributed by atoms with E-state index in [2.05, 4.69) is 9.88 Å². The molecule has 35 heavy (non-hydrogen) atoms. The number of aromatic nitrogens is 1. The van der Waals surface area contributed by atoms with E-state index in [0.717, 1.165) is 36.8 Å². The molecular weight excluding hydrogens is 446 g/mol. The summed E-state index contributed by atoms with van der Waals surface area (Å²) in [5, 5.41) is 8.66. The van der Waals surface area contributed by atoms with Gasteiger partial charge in [-0.25, -0.2) is 9.59 Å². The van der Waals surface area contributed by atoms with Crippen LogP contribution in [0.1, 0.15) is 48.0 Å². The number of pyridine rings is 1. The van der Waals surface area contributed by atoms with Crippen molar-refractivity contribution in [1.82, 2.24) is 14.8 Å². The van der Waals surface area contributed by atoms with Gasteiger partial charge in [-0.2, -0.15) is 0 Å². The number of rotatable bonds is 7. The van der Waals surface area contributed by atoms with Gasteiger partial charge < -0.3 is 14.7 Å². The Morgan fingerprint density at radius 1 is 0.971 bits per heavy atom. The summed E-state index contributed by atoms with van der Waals surface area (Å²) in [6.45, 7) is 9.13. The van der Waals surface area contributed by atoms with Crippen LogP contribution in [0.15, 0.2) is 54.7 Å². The highest BCUT2D eigenvalue weighted by atomic mass is 16.6. The molecule has 1 aromatic carbocycles. The van der Waals surface area contributed by atoms with E-state index in [9.17, 15) is 14.4 Å². The van der Waals surface area contributed by atoms with Crippen LogP contribution in [0.3, 0.4) is 0 Å². The summed E-state index contributed by atoms with van der Waals surface area (Å²) in [7, 11) is 0. The van der Waals surface area contributed by atoms with Crippen molar-refractivity contribution in [1.29, 1.82) is 0 Å². The molecular formula is C27H31N3O5. The Balaban J connectivity index is 1.49. The minimum Gasteiger partial charge on any atom is -0.478 e. The van der Waals surface area contributed by atoms with Crippen LogP contribution >= 0.6 is 0 Å². The van der Waals surface area contributed by atoms with E-state index >= 15 is 0 Å². The summed E-state index contributed by atoms with van der Waals surface area (Å²) in [4.78, 5) is 43.5. The average molecular weight is 478 g/mol. The molecule has 1 fully saturated rings. The van der Waals surface area contributed by atoms with Gasteiger partial charge in [0, 0.05) is 50.6 Å². The van der Waals surface area contributed by atoms with E-state index in [4.69, 9.17) is 9.84 Å². The number of ether oxygens (including phenoxy) is 1. The Morgan fingerprint density at radius 3 is 2.23 bits per heavy atom. The number of piperazine rings is 1. The van der Waals surface area contributed by atoms with Crippen LogP contribution in [0.25, 0.3) is 12.2 Å². The van der Waals surface area contributed by atoms with Gasteiger partial charge in [0.05, 0.1) is 5.69 Å². The number of carboxylic acid groups (broad SMARTS) is 1. The predicted molar refractivity (Wildman–Crippen MR) is 134 cm³/mol. The van der Waals surface area contributed by atoms with Gasteiger partial charge >= 0.3 is 12.1 Å². The second-order valence-electron chi connectivity index (χ2n) is 9.33. The van der Waals surface area contributed by atoms with Crippen LogP contribution in [0, 0.1) is 0 Å². The second kappa shape index (κ2) is 11.6. The number of benzene rings is 1. The molecule has 0 bridgehead atoms. The minimum atomic E-state index is -1.03. The van der Waals surface area contributed by atoms with Crippen LogP contribution < -0.4 is 0 Å². The molecule has 1 aliphatic rings. The van der Waals surface area contributed by atoms with E-state index in [0.29, 0.717) is 24.3 Å². The highest BCUT2D eigenvalue weighted by Crippen LogP contribution is 2.15. The number of carbonyl (C=O) groups is 3. The quantitative estimate of drug-likeness (QED) is 0.473. The lowest BCUT2D eigenvalue weighted by atomic mass is 10.1. The first-order valence-electron chi connectivity index (χ1n) is 11.5. The fraction of sp³-hybridized carbons (Fsp3) is 0.333. The number of nitrogens with zero attached hydrogens (tertiary/aromatic N) is 3. The molecule has 0 unspecified atom stereocenters. The van der Waals surface area contributed by atoms with Crippen molar-refractivity contribution in [3.05, 3.63) is 77.1 Å². The molecule has 0 spiro atoms. The monoisotopic (exact) mass is 477 g/mol. The number of carbonyl (C=O) groups excluding carboxylic acids is 2. The van der Waals surface area contributed by atoms with Crippen molar-refractivity contribution >= 4 is 30.0 Å². The lowest BCUT2D eigenvalue weighted by molar-refractivity contribution is -0.131. The average Bonchev–Trinajstić information content (AvgIpc) is 2.81. The summed E-state index contributed by atoms with van der Waals surface area (Å²) in [6, 6.07) is 11.0. The van der Waals surface area contributed by atoms with Crippen molar-refractivity contribution in [2.45, 2.75) is 32.9 Å². The molecule has 3 rings (SSSR count). The van der Waals surface area contributed by atoms with Crippen molar-refractivity contribution in [2.24, 2.45) is 0 Å². The Morgan fingerprint density at radius 2 is 1.66 bits per heavy atom. The fourth-order valence-corrected chi connectivity index (χ4v) is 3.49. The molecule has 2 aromatic rings. The van der Waals surface area contributed by atoms with Crippen molar-refractivity contribution in [2.75, 3.05) is 26.2 Å². The first kappa shape index (κ1) is 25.8. The maximum Gasteiger partial charge on any atom is 0.410 e. The largest absolute Gasteiger partial charge is 0.478 e. The topological polar surface area (TPSA) is 100 Å². The van der Waals surface area contributed by atoms with E-state index in [-0.39, 0.29) is 11.9 Å². The predicted octanol–water partition coefficient (Wildman–Crippen LogP) is 4.13. The van der Waals surface area contributed by atoms with E-state index in [1.54, 1.807) is 29.3 Å². The standard InChI is InChI=1S/C27H31N3O5/c1-27(2,3)35-26(34)30-16-14-29(15-17-30)19-21-4-8-22(9-5-21)24(31)12-7-20-6-10-23(28-18-20)11-13-25(32)33/h4-13,18H,14-17,19H2,1-3H3,(H,32,33)/b12-7+,13-11+. The molecule has 8 heteroatoms. The maximum absolute atomic E-state index is 12.5. The fourth-order valence-electron chi connectivity index (χ4n) is 3.49. The molecule has 0 radical (unpaired) electrons. The van der Waals surface area contributed by atoms with Gasteiger partial charge in [0.15, 0.2) is 5.78 Å². The molecule has 1 aliphatic heterocycles. The lowest BCUT2D eigenvalue weighted by Gasteiger charge is -2.35. The molecule has 1 amide bonds. The number of carboxylic acids is 1. The summed E-state index contributed by atoms with van der Waals surface area (Å²) in [6.07, 6.45) is 6.91. The minimum absolute atomic E-state index is 0.114. The summed E-state index contributed by atoms with van der Waals surface area (Å²) < 4.78 is 5.44. The van der Waals surface area contributed by atoms with Crippen LogP contribution in [-0.4, -0.2) is 69.5 Å². The third-order valence-corrected chi connectivity index (χ3v) is 5.30. The Kier molecular flexibility index (Phi) is 8.54. The van der Waals surface area contributed by atoms with Crippen LogP contribution in [0.5, 0.6) is 0 Å². The van der Waals surface area contributed by atoms with E-state index in [1.807, 2.05) is 45.0 Å². The molecule has 1 aromatic heterocycles. The SMILES string of the molecule is CC(C)(C)OC(=O)N1CCN(Cc2ccc(C(=O)/C=C/c3ccc(/C=C/C(=O)O)nc3)cc2)CC1. The summed E-state index contributed by atoms with van der Waals surface area (Å²) >= 11 is 0. The van der Waals surface area contributed by atoms with E-state index in [1.165, 1.54) is 12.2 Å². The van der Waals surface area contributed by atoms with Crippen LogP contribution in [0.2, 0.25) is 0 Å². The Bertz CT molecular complexity index is 1090. The van der Waals surface area contributed by atoms with Gasteiger partial charge in [-0.15, -0.1) is 0 Å². The number of hydrogen-bond donors (Lipinski definition) is 1. The molecule has 2 heterocycles. The third kappa shape index (κ3) is 8.50. The number of hydrogen-bond acceptors (Lipinski definition) is 6. The number of allylic oxidation sites excluding steroid dienone is 1. The lowest BCUT2D eigenvalue weighted by Crippen LogP contribution is -2.49. The number of ketones is 1. The van der Waals surface area contributed by atoms with Gasteiger partial charge in [0.2, 0.25) is 0 Å². The van der Waals surface area contributed by atoms with Gasteiger partial charge in [0.25, 0.3) is 0 Å². The van der Waals surface area contributed by atoms with Crippen molar-refractivity contribution in [3.63, 3.8) is 0 Å². The molecule has 1 N–H and O–H groups in total. The van der Waals surface area contributed by atoms with Crippen molar-refractivity contribution < 1.29 is 24.2 Å². The normalized spacial score (nSPS) is 15.0. The summed E-state index contributed by atoms with van der Waals surface area (Å²) in [5.74, 6) is -1.15. The molecule has 184 valence electrons. The molecule has 1 saturated heterocycles. The number of aliphatic carboxylic acids is 1. The zero-order valence-corrected chi connectivity index (χ0v) is 20.3. The zero-order valence-electron chi connectivity index (χ0n) is 20.3. The smallest absolute Gasteiger partial charge is 0.410 e. The molecule has 8 nitrogen and oxygen atoms in total. The highest BCUT2D eigenvalue weighted by Gasteiger charge is 2.25. The zero-order chi connectivity index (χ0) is 25.4. The first-order chi connectivity index (χ1) is 16.6. The summed E-state index contributed by atoms with van der Waals surface area (Å²) in [5.41, 5.74) is 2.47. The van der Waals surface area contributed by atoms with Crippen LogP contribution in [0.4, 0.5) is 4.79 Å². The van der Waals surface area contributed by atoms with Crippen LogP contribution in [-0.2, 0) is 16.1 Å². The third-order valence-electron chi connectivity index (χ3n) is 5.30. The van der Waals surface area contributed by atoms with Gasteiger partial charge in [-0.05, 0) is 56.2 Å². The van der Waals surface area contributed by atoms with Crippen molar-refractivity contribution in [3.8, 4) is 0 Å². The van der Waals surface area contributed by atoms with E-state index < -0.39 is 11.6 Å².